The smallest absolute Gasteiger partial charge is 0.0109 e. The summed E-state index contributed by atoms with van der Waals surface area (Å²) >= 11 is 0. The highest BCUT2D eigenvalue weighted by Crippen LogP contribution is 2.21. The first-order valence-corrected chi connectivity index (χ1v) is 8.18. The molecule has 0 radical (unpaired) electrons. The minimum absolute atomic E-state index is 0.750. The number of piperidine rings is 1. The third-order valence-corrected chi connectivity index (χ3v) is 4.57. The van der Waals surface area contributed by atoms with E-state index in [2.05, 4.69) is 68.1 Å². The van der Waals surface area contributed by atoms with Gasteiger partial charge in [0.15, 0.2) is 0 Å². The van der Waals surface area contributed by atoms with Crippen LogP contribution in [0, 0.1) is 19.8 Å². The molecule has 0 atom stereocenters. The second-order valence-electron chi connectivity index (χ2n) is 6.65. The Morgan fingerprint density at radius 2 is 1.76 bits per heavy atom. The maximum Gasteiger partial charge on any atom is 0.0109 e. The Labute approximate surface area is 130 Å². The number of benzene rings is 1. The summed E-state index contributed by atoms with van der Waals surface area (Å²) in [6.45, 7) is 9.28. The van der Waals surface area contributed by atoms with Crippen molar-refractivity contribution in [2.24, 2.45) is 5.92 Å². The van der Waals surface area contributed by atoms with Crippen molar-refractivity contribution in [2.75, 3.05) is 40.3 Å². The van der Waals surface area contributed by atoms with E-state index in [-0.39, 0.29) is 0 Å². The van der Waals surface area contributed by atoms with E-state index in [1.807, 2.05) is 0 Å². The quantitative estimate of drug-likeness (QED) is 0.816. The fourth-order valence-electron chi connectivity index (χ4n) is 3.03. The van der Waals surface area contributed by atoms with E-state index >= 15 is 0 Å². The average molecular weight is 286 g/mol. The molecule has 0 aliphatic carbocycles. The van der Waals surface area contributed by atoms with Crippen LogP contribution in [-0.2, 0) is 0 Å². The molecule has 0 N–H and O–H groups in total. The number of likely N-dealkylation sites (tertiary alicyclic amines) is 1. The second-order valence-corrected chi connectivity index (χ2v) is 6.65. The van der Waals surface area contributed by atoms with Crippen LogP contribution in [0.5, 0.6) is 0 Å². The second kappa shape index (κ2) is 7.77. The Balaban J connectivity index is 1.84. The normalized spacial score (nSPS) is 18.0. The van der Waals surface area contributed by atoms with Gasteiger partial charge in [0.1, 0.15) is 0 Å². The average Bonchev–Trinajstić information content (AvgIpc) is 2.46. The molecule has 0 saturated carbocycles. The lowest BCUT2D eigenvalue weighted by Crippen LogP contribution is -2.37. The van der Waals surface area contributed by atoms with Crippen molar-refractivity contribution in [3.63, 3.8) is 0 Å². The van der Waals surface area contributed by atoms with Gasteiger partial charge >= 0.3 is 0 Å². The summed E-state index contributed by atoms with van der Waals surface area (Å²) in [5.74, 6) is 0.750. The molecule has 1 heterocycles. The molecule has 0 amide bonds. The van der Waals surface area contributed by atoms with Crippen LogP contribution < -0.4 is 0 Å². The van der Waals surface area contributed by atoms with E-state index in [9.17, 15) is 0 Å². The predicted octanol–water partition coefficient (Wildman–Crippen LogP) is 3.59. The summed E-state index contributed by atoms with van der Waals surface area (Å²) in [4.78, 5) is 4.87. The molecule has 21 heavy (non-hydrogen) atoms. The zero-order valence-corrected chi connectivity index (χ0v) is 14.1. The molecule has 2 rings (SSSR count). The first kappa shape index (κ1) is 16.3. The van der Waals surface area contributed by atoms with Crippen LogP contribution in [0.2, 0.25) is 0 Å². The molecule has 0 aromatic heterocycles. The van der Waals surface area contributed by atoms with Crippen molar-refractivity contribution < 1.29 is 0 Å². The Kier molecular flexibility index (Phi) is 6.01. The zero-order valence-electron chi connectivity index (χ0n) is 14.1. The van der Waals surface area contributed by atoms with Gasteiger partial charge in [0, 0.05) is 13.1 Å². The molecule has 0 bridgehead atoms. The number of rotatable bonds is 5. The van der Waals surface area contributed by atoms with Crippen molar-refractivity contribution in [1.82, 2.24) is 9.80 Å². The molecule has 1 saturated heterocycles. The van der Waals surface area contributed by atoms with E-state index in [1.165, 1.54) is 55.7 Å². The fourth-order valence-corrected chi connectivity index (χ4v) is 3.03. The molecule has 2 nitrogen and oxygen atoms in total. The fraction of sp³-hybridized carbons (Fsp3) is 0.579. The molecule has 116 valence electrons. The summed E-state index contributed by atoms with van der Waals surface area (Å²) < 4.78 is 0. The van der Waals surface area contributed by atoms with Gasteiger partial charge < -0.3 is 9.80 Å². The molecular formula is C19H30N2. The Hall–Kier alpha value is -1.12. The highest BCUT2D eigenvalue weighted by molar-refractivity contribution is 5.57. The molecular weight excluding hydrogens is 256 g/mol. The zero-order chi connectivity index (χ0) is 15.2. The van der Waals surface area contributed by atoms with Crippen LogP contribution in [0.15, 0.2) is 24.3 Å². The van der Waals surface area contributed by atoms with Crippen LogP contribution in [0.1, 0.15) is 29.5 Å². The van der Waals surface area contributed by atoms with Gasteiger partial charge in [0.2, 0.25) is 0 Å². The topological polar surface area (TPSA) is 6.48 Å². The number of hydrogen-bond donors (Lipinski definition) is 0. The van der Waals surface area contributed by atoms with Gasteiger partial charge in [-0.25, -0.2) is 0 Å². The third-order valence-electron chi connectivity index (χ3n) is 4.57. The minimum Gasteiger partial charge on any atom is -0.308 e. The Bertz CT molecular complexity index is 448. The van der Waals surface area contributed by atoms with Gasteiger partial charge in [0.25, 0.3) is 0 Å². The molecule has 1 aliphatic heterocycles. The standard InChI is InChI=1S/C19H30N2/c1-16-6-5-7-17(2)19(16)9-8-18-10-12-21(13-11-18)15-14-20(3)4/h5-9,18H,10-15H2,1-4H3/b9-8+. The predicted molar refractivity (Wildman–Crippen MR) is 92.7 cm³/mol. The SMILES string of the molecule is Cc1cccc(C)c1/C=C/C1CCN(CCN(C)C)CC1. The lowest BCUT2D eigenvalue weighted by molar-refractivity contribution is 0.186. The highest BCUT2D eigenvalue weighted by atomic mass is 15.2. The van der Waals surface area contributed by atoms with Crippen molar-refractivity contribution in [1.29, 1.82) is 0 Å². The highest BCUT2D eigenvalue weighted by Gasteiger charge is 2.16. The van der Waals surface area contributed by atoms with Crippen molar-refractivity contribution in [2.45, 2.75) is 26.7 Å². The van der Waals surface area contributed by atoms with Gasteiger partial charge in [0.05, 0.1) is 0 Å². The molecule has 2 heteroatoms. The summed E-state index contributed by atoms with van der Waals surface area (Å²) in [7, 11) is 4.31. The van der Waals surface area contributed by atoms with Crippen molar-refractivity contribution in [3.8, 4) is 0 Å². The van der Waals surface area contributed by atoms with Crippen molar-refractivity contribution >= 4 is 6.08 Å². The molecule has 0 unspecified atom stereocenters. The molecule has 1 aliphatic rings. The summed E-state index contributed by atoms with van der Waals surface area (Å²) in [6.07, 6.45) is 7.40. The summed E-state index contributed by atoms with van der Waals surface area (Å²) in [5, 5.41) is 0. The minimum atomic E-state index is 0.750. The van der Waals surface area contributed by atoms with E-state index in [1.54, 1.807) is 0 Å². The first-order valence-electron chi connectivity index (χ1n) is 8.18. The Morgan fingerprint density at radius 1 is 1.14 bits per heavy atom. The maximum atomic E-state index is 2.60. The van der Waals surface area contributed by atoms with E-state index < -0.39 is 0 Å². The van der Waals surface area contributed by atoms with Crippen LogP contribution in [-0.4, -0.2) is 50.1 Å². The van der Waals surface area contributed by atoms with Gasteiger partial charge in [-0.2, -0.15) is 0 Å². The van der Waals surface area contributed by atoms with Gasteiger partial charge in [-0.3, -0.25) is 0 Å². The van der Waals surface area contributed by atoms with Gasteiger partial charge in [-0.15, -0.1) is 0 Å². The van der Waals surface area contributed by atoms with Gasteiger partial charge in [-0.1, -0.05) is 30.4 Å². The van der Waals surface area contributed by atoms with Gasteiger partial charge in [-0.05, 0) is 76.5 Å². The van der Waals surface area contributed by atoms with Crippen LogP contribution in [0.3, 0.4) is 0 Å². The van der Waals surface area contributed by atoms with Crippen LogP contribution in [0.25, 0.3) is 6.08 Å². The van der Waals surface area contributed by atoms with E-state index in [4.69, 9.17) is 0 Å². The Morgan fingerprint density at radius 3 is 2.33 bits per heavy atom. The monoisotopic (exact) mass is 286 g/mol. The molecule has 1 aromatic carbocycles. The number of allylic oxidation sites excluding steroid dienone is 1. The number of aryl methyl sites for hydroxylation is 2. The maximum absolute atomic E-state index is 2.60. The number of nitrogens with zero attached hydrogens (tertiary/aromatic N) is 2. The molecule has 1 fully saturated rings. The number of likely N-dealkylation sites (N-methyl/N-ethyl adjacent to an activating group) is 1. The van der Waals surface area contributed by atoms with Crippen LogP contribution >= 0.6 is 0 Å². The summed E-state index contributed by atoms with van der Waals surface area (Å²) in [5.41, 5.74) is 4.18. The molecule has 0 spiro atoms. The lowest BCUT2D eigenvalue weighted by atomic mass is 9.94. The lowest BCUT2D eigenvalue weighted by Gasteiger charge is -2.31. The van der Waals surface area contributed by atoms with E-state index in [0.717, 1.165) is 5.92 Å². The first-order chi connectivity index (χ1) is 10.1. The van der Waals surface area contributed by atoms with Crippen molar-refractivity contribution in [3.05, 3.63) is 41.0 Å². The van der Waals surface area contributed by atoms with E-state index in [0.29, 0.717) is 0 Å². The summed E-state index contributed by atoms with van der Waals surface area (Å²) in [6, 6.07) is 6.55. The number of hydrogen-bond acceptors (Lipinski definition) is 2. The third kappa shape index (κ3) is 4.98. The largest absolute Gasteiger partial charge is 0.308 e. The molecule has 1 aromatic rings. The van der Waals surface area contributed by atoms with Crippen LogP contribution in [0.4, 0.5) is 0 Å².